The highest BCUT2D eigenvalue weighted by Crippen LogP contribution is 2.26. The second kappa shape index (κ2) is 5.87. The summed E-state index contributed by atoms with van der Waals surface area (Å²) >= 11 is 6.03. The van der Waals surface area contributed by atoms with Crippen LogP contribution in [0.15, 0.2) is 12.3 Å². The van der Waals surface area contributed by atoms with Crippen molar-refractivity contribution >= 4 is 17.4 Å². The van der Waals surface area contributed by atoms with Crippen LogP contribution in [0, 0.1) is 5.92 Å². The highest BCUT2D eigenvalue weighted by molar-refractivity contribution is 6.31. The highest BCUT2D eigenvalue weighted by Gasteiger charge is 2.26. The number of nitrogens with two attached hydrogens (primary N) is 1. The predicted molar refractivity (Wildman–Crippen MR) is 73.9 cm³/mol. The largest absolute Gasteiger partial charge is 0.379 e. The van der Waals surface area contributed by atoms with E-state index < -0.39 is 0 Å². The predicted octanol–water partition coefficient (Wildman–Crippen LogP) is 2.05. The van der Waals surface area contributed by atoms with Gasteiger partial charge in [0.2, 0.25) is 0 Å². The molecule has 4 nitrogen and oxygen atoms in total. The molecule has 2 heterocycles. The minimum absolute atomic E-state index is 0.262. The number of aromatic nitrogens is 1. The Kier molecular flexibility index (Phi) is 4.43. The Morgan fingerprint density at radius 1 is 1.61 bits per heavy atom. The molecule has 1 aliphatic rings. The standard InChI is InChI=1S/C13H20ClN3O/c1-9-3-4-17(8-12(9)18-2)13-5-10(6-15)11(14)7-16-13/h5,7,9,12H,3-4,6,8,15H2,1-2H3. The van der Waals surface area contributed by atoms with Crippen molar-refractivity contribution in [1.82, 2.24) is 4.98 Å². The molecule has 0 amide bonds. The normalized spacial score (nSPS) is 24.3. The van der Waals surface area contributed by atoms with E-state index in [-0.39, 0.29) is 6.10 Å². The van der Waals surface area contributed by atoms with Gasteiger partial charge in [-0.1, -0.05) is 18.5 Å². The third-order valence-corrected chi connectivity index (χ3v) is 4.00. The summed E-state index contributed by atoms with van der Waals surface area (Å²) in [6.07, 6.45) is 3.05. The molecule has 18 heavy (non-hydrogen) atoms. The van der Waals surface area contributed by atoms with Gasteiger partial charge < -0.3 is 15.4 Å². The average molecular weight is 270 g/mol. The molecule has 0 saturated carbocycles. The number of nitrogens with zero attached hydrogens (tertiary/aromatic N) is 2. The van der Waals surface area contributed by atoms with Crippen LogP contribution in [0.2, 0.25) is 5.02 Å². The fourth-order valence-corrected chi connectivity index (χ4v) is 2.53. The molecular formula is C13H20ClN3O. The summed E-state index contributed by atoms with van der Waals surface area (Å²) in [5.74, 6) is 1.53. The zero-order valence-electron chi connectivity index (χ0n) is 10.9. The molecule has 1 aliphatic heterocycles. The molecule has 2 unspecified atom stereocenters. The van der Waals surface area contributed by atoms with Gasteiger partial charge in [0.25, 0.3) is 0 Å². The minimum atomic E-state index is 0.262. The van der Waals surface area contributed by atoms with E-state index in [1.807, 2.05) is 6.07 Å². The number of ether oxygens (including phenoxy) is 1. The van der Waals surface area contributed by atoms with Crippen molar-refractivity contribution in [1.29, 1.82) is 0 Å². The van der Waals surface area contributed by atoms with E-state index in [0.717, 1.165) is 30.9 Å². The van der Waals surface area contributed by atoms with E-state index in [1.54, 1.807) is 13.3 Å². The van der Waals surface area contributed by atoms with Crippen molar-refractivity contribution in [3.05, 3.63) is 22.8 Å². The van der Waals surface area contributed by atoms with Crippen LogP contribution < -0.4 is 10.6 Å². The lowest BCUT2D eigenvalue weighted by molar-refractivity contribution is 0.0496. The van der Waals surface area contributed by atoms with Gasteiger partial charge in [-0.15, -0.1) is 0 Å². The Bertz CT molecular complexity index is 413. The summed E-state index contributed by atoms with van der Waals surface area (Å²) in [6, 6.07) is 1.98. The maximum absolute atomic E-state index is 6.03. The van der Waals surface area contributed by atoms with Crippen LogP contribution in [-0.4, -0.2) is 31.3 Å². The third-order valence-electron chi connectivity index (χ3n) is 3.66. The topological polar surface area (TPSA) is 51.4 Å². The van der Waals surface area contributed by atoms with Crippen LogP contribution in [0.25, 0.3) is 0 Å². The second-order valence-electron chi connectivity index (χ2n) is 4.82. The smallest absolute Gasteiger partial charge is 0.128 e. The van der Waals surface area contributed by atoms with Crippen molar-refractivity contribution in [2.75, 3.05) is 25.1 Å². The molecule has 0 bridgehead atoms. The van der Waals surface area contributed by atoms with E-state index in [4.69, 9.17) is 22.1 Å². The van der Waals surface area contributed by atoms with Crippen molar-refractivity contribution in [2.45, 2.75) is 26.0 Å². The number of piperidine rings is 1. The Hall–Kier alpha value is -0.840. The minimum Gasteiger partial charge on any atom is -0.379 e. The maximum atomic E-state index is 6.03. The fourth-order valence-electron chi connectivity index (χ4n) is 2.35. The fraction of sp³-hybridized carbons (Fsp3) is 0.615. The van der Waals surface area contributed by atoms with Crippen molar-refractivity contribution < 1.29 is 4.74 Å². The van der Waals surface area contributed by atoms with Gasteiger partial charge in [0.1, 0.15) is 5.82 Å². The van der Waals surface area contributed by atoms with E-state index in [1.165, 1.54) is 0 Å². The van der Waals surface area contributed by atoms with Gasteiger partial charge in [0.05, 0.1) is 11.1 Å². The van der Waals surface area contributed by atoms with E-state index in [2.05, 4.69) is 16.8 Å². The first-order chi connectivity index (χ1) is 8.65. The first kappa shape index (κ1) is 13.6. The second-order valence-corrected chi connectivity index (χ2v) is 5.23. The van der Waals surface area contributed by atoms with Gasteiger partial charge >= 0.3 is 0 Å². The van der Waals surface area contributed by atoms with E-state index in [0.29, 0.717) is 17.5 Å². The Balaban J connectivity index is 2.16. The van der Waals surface area contributed by atoms with Crippen molar-refractivity contribution in [3.63, 3.8) is 0 Å². The molecule has 0 aliphatic carbocycles. The van der Waals surface area contributed by atoms with Gasteiger partial charge in [-0.3, -0.25) is 0 Å². The van der Waals surface area contributed by atoms with Crippen molar-refractivity contribution in [3.8, 4) is 0 Å². The van der Waals surface area contributed by atoms with Gasteiger partial charge in [0.15, 0.2) is 0 Å². The maximum Gasteiger partial charge on any atom is 0.128 e. The van der Waals surface area contributed by atoms with Gasteiger partial charge in [-0.2, -0.15) is 0 Å². The first-order valence-electron chi connectivity index (χ1n) is 6.28. The van der Waals surface area contributed by atoms with E-state index in [9.17, 15) is 0 Å². The number of methoxy groups -OCH3 is 1. The van der Waals surface area contributed by atoms with Crippen molar-refractivity contribution in [2.24, 2.45) is 11.7 Å². The van der Waals surface area contributed by atoms with Crippen LogP contribution in [0.3, 0.4) is 0 Å². The molecule has 1 fully saturated rings. The first-order valence-corrected chi connectivity index (χ1v) is 6.65. The molecule has 100 valence electrons. The van der Waals surface area contributed by atoms with E-state index >= 15 is 0 Å². The highest BCUT2D eigenvalue weighted by atomic mass is 35.5. The lowest BCUT2D eigenvalue weighted by Crippen LogP contribution is -2.44. The molecule has 0 spiro atoms. The van der Waals surface area contributed by atoms with Gasteiger partial charge in [0, 0.05) is 32.9 Å². The summed E-state index contributed by atoms with van der Waals surface area (Å²) in [5, 5.41) is 0.634. The lowest BCUT2D eigenvalue weighted by atomic mass is 9.96. The SMILES string of the molecule is COC1CN(c2cc(CN)c(Cl)cn2)CCC1C. The Morgan fingerprint density at radius 2 is 2.39 bits per heavy atom. The molecule has 1 saturated heterocycles. The van der Waals surface area contributed by atoms with Crippen LogP contribution >= 0.6 is 11.6 Å². The summed E-state index contributed by atoms with van der Waals surface area (Å²) in [7, 11) is 1.77. The monoisotopic (exact) mass is 269 g/mol. The van der Waals surface area contributed by atoms with Crippen LogP contribution in [0.5, 0.6) is 0 Å². The number of hydrogen-bond donors (Lipinski definition) is 1. The molecule has 2 atom stereocenters. The summed E-state index contributed by atoms with van der Waals surface area (Å²) < 4.78 is 5.52. The summed E-state index contributed by atoms with van der Waals surface area (Å²) in [5.41, 5.74) is 6.61. The van der Waals surface area contributed by atoms with Gasteiger partial charge in [-0.05, 0) is 24.0 Å². The number of anilines is 1. The number of rotatable bonds is 3. The summed E-state index contributed by atoms with van der Waals surface area (Å²) in [4.78, 5) is 6.63. The molecule has 2 N–H and O–H groups in total. The molecule has 5 heteroatoms. The molecule has 1 aromatic rings. The van der Waals surface area contributed by atoms with Crippen LogP contribution in [0.1, 0.15) is 18.9 Å². The number of pyridine rings is 1. The Labute approximate surface area is 113 Å². The third kappa shape index (κ3) is 2.76. The zero-order chi connectivity index (χ0) is 13.1. The molecule has 1 aromatic heterocycles. The molecule has 0 aromatic carbocycles. The average Bonchev–Trinajstić information content (AvgIpc) is 2.40. The number of hydrogen-bond acceptors (Lipinski definition) is 4. The quantitative estimate of drug-likeness (QED) is 0.913. The molecule has 0 radical (unpaired) electrons. The zero-order valence-corrected chi connectivity index (χ0v) is 11.7. The molecular weight excluding hydrogens is 250 g/mol. The van der Waals surface area contributed by atoms with Gasteiger partial charge in [-0.25, -0.2) is 4.98 Å². The summed E-state index contributed by atoms with van der Waals surface area (Å²) in [6.45, 7) is 4.54. The van der Waals surface area contributed by atoms with Crippen LogP contribution in [0.4, 0.5) is 5.82 Å². The van der Waals surface area contributed by atoms with Crippen LogP contribution in [-0.2, 0) is 11.3 Å². The lowest BCUT2D eigenvalue weighted by Gasteiger charge is -2.37. The molecule has 2 rings (SSSR count). The number of halogens is 1. The Morgan fingerprint density at radius 3 is 3.06 bits per heavy atom.